The van der Waals surface area contributed by atoms with Crippen LogP contribution >= 0.6 is 0 Å². The first-order valence-corrected chi connectivity index (χ1v) is 8.06. The third-order valence-electron chi connectivity index (χ3n) is 5.85. The van der Waals surface area contributed by atoms with E-state index in [1.807, 2.05) is 20.8 Å². The first kappa shape index (κ1) is 17.4. The van der Waals surface area contributed by atoms with E-state index < -0.39 is 5.41 Å². The van der Waals surface area contributed by atoms with E-state index in [1.165, 1.54) is 9.80 Å². The standard InChI is InChI=1S/C18H26N2O3/c1-6-10-19(11-7-2)14(21)12-20-15(22)13-8-9-18(5,16(20)23)17(13,3)4/h6-7,13H,1-2,8-12H2,3-5H3. The molecule has 0 spiro atoms. The SMILES string of the molecule is C=CCN(CC=C)C(=O)CN1C(=O)C2CCC(C)(C1=O)C2(C)C. The summed E-state index contributed by atoms with van der Waals surface area (Å²) < 4.78 is 0. The quantitative estimate of drug-likeness (QED) is 0.556. The van der Waals surface area contributed by atoms with E-state index in [1.54, 1.807) is 12.2 Å². The van der Waals surface area contributed by atoms with Crippen LogP contribution < -0.4 is 0 Å². The van der Waals surface area contributed by atoms with E-state index in [4.69, 9.17) is 0 Å². The van der Waals surface area contributed by atoms with Gasteiger partial charge in [0, 0.05) is 19.0 Å². The van der Waals surface area contributed by atoms with Crippen LogP contribution in [0.25, 0.3) is 0 Å². The molecule has 126 valence electrons. The number of hydrogen-bond donors (Lipinski definition) is 0. The van der Waals surface area contributed by atoms with Crippen molar-refractivity contribution >= 4 is 17.7 Å². The summed E-state index contributed by atoms with van der Waals surface area (Å²) in [7, 11) is 0. The van der Waals surface area contributed by atoms with Crippen molar-refractivity contribution < 1.29 is 14.4 Å². The van der Waals surface area contributed by atoms with Gasteiger partial charge >= 0.3 is 0 Å². The van der Waals surface area contributed by atoms with Gasteiger partial charge in [-0.1, -0.05) is 32.9 Å². The molecule has 1 heterocycles. The molecule has 1 saturated heterocycles. The maximum atomic E-state index is 12.9. The normalized spacial score (nSPS) is 28.7. The lowest BCUT2D eigenvalue weighted by atomic mass is 9.62. The fourth-order valence-corrected chi connectivity index (χ4v) is 3.88. The highest BCUT2D eigenvalue weighted by Gasteiger charge is 2.64. The highest BCUT2D eigenvalue weighted by atomic mass is 16.2. The lowest BCUT2D eigenvalue weighted by Crippen LogP contribution is -2.60. The second-order valence-electron chi connectivity index (χ2n) is 7.25. The molecule has 2 aliphatic rings. The highest BCUT2D eigenvalue weighted by Crippen LogP contribution is 2.59. The summed E-state index contributed by atoms with van der Waals surface area (Å²) in [6.45, 7) is 13.7. The zero-order valence-electron chi connectivity index (χ0n) is 14.3. The molecule has 0 N–H and O–H groups in total. The number of amides is 3. The first-order chi connectivity index (χ1) is 10.7. The second-order valence-corrected chi connectivity index (χ2v) is 7.25. The Hall–Kier alpha value is -1.91. The van der Waals surface area contributed by atoms with Gasteiger partial charge in [0.05, 0.1) is 5.41 Å². The summed E-state index contributed by atoms with van der Waals surface area (Å²) in [6.07, 6.45) is 4.65. The topological polar surface area (TPSA) is 57.7 Å². The average Bonchev–Trinajstić information content (AvgIpc) is 2.68. The van der Waals surface area contributed by atoms with Gasteiger partial charge in [-0.25, -0.2) is 0 Å². The fraction of sp³-hybridized carbons (Fsp3) is 0.611. The Balaban J connectivity index is 2.22. The molecule has 3 amide bonds. The summed E-state index contributed by atoms with van der Waals surface area (Å²) in [6, 6.07) is 0. The van der Waals surface area contributed by atoms with E-state index in [-0.39, 0.29) is 35.6 Å². The molecule has 2 rings (SSSR count). The Morgan fingerprint density at radius 3 is 2.35 bits per heavy atom. The van der Waals surface area contributed by atoms with E-state index in [9.17, 15) is 14.4 Å². The van der Waals surface area contributed by atoms with E-state index in [0.29, 0.717) is 25.9 Å². The van der Waals surface area contributed by atoms with Crippen LogP contribution in [0.2, 0.25) is 0 Å². The molecule has 2 fully saturated rings. The van der Waals surface area contributed by atoms with Crippen LogP contribution in [-0.2, 0) is 14.4 Å². The molecule has 0 aromatic heterocycles. The van der Waals surface area contributed by atoms with Gasteiger partial charge in [-0.15, -0.1) is 13.2 Å². The number of imide groups is 1. The van der Waals surface area contributed by atoms with E-state index in [0.717, 1.165) is 0 Å². The Labute approximate surface area is 138 Å². The zero-order chi connectivity index (χ0) is 17.4. The molecule has 0 radical (unpaired) electrons. The zero-order valence-corrected chi connectivity index (χ0v) is 14.3. The molecule has 0 aromatic rings. The largest absolute Gasteiger partial charge is 0.334 e. The lowest BCUT2D eigenvalue weighted by Gasteiger charge is -2.47. The number of carbonyl (C=O) groups excluding carboxylic acids is 3. The van der Waals surface area contributed by atoms with Crippen molar-refractivity contribution in [2.24, 2.45) is 16.7 Å². The smallest absolute Gasteiger partial charge is 0.243 e. The third-order valence-corrected chi connectivity index (χ3v) is 5.85. The van der Waals surface area contributed by atoms with Gasteiger partial charge in [0.15, 0.2) is 0 Å². The number of likely N-dealkylation sites (tertiary alicyclic amines) is 1. The Kier molecular flexibility index (Phi) is 4.51. The molecule has 2 atom stereocenters. The van der Waals surface area contributed by atoms with Crippen LogP contribution in [0.3, 0.4) is 0 Å². The molecule has 0 aromatic carbocycles. The molecule has 23 heavy (non-hydrogen) atoms. The molecule has 1 aliphatic carbocycles. The molecule has 5 heteroatoms. The maximum absolute atomic E-state index is 12.9. The van der Waals surface area contributed by atoms with Gasteiger partial charge < -0.3 is 4.90 Å². The number of carbonyl (C=O) groups is 3. The predicted octanol–water partition coefficient (Wildman–Crippen LogP) is 2.00. The van der Waals surface area contributed by atoms with Gasteiger partial charge in [0.25, 0.3) is 0 Å². The monoisotopic (exact) mass is 318 g/mol. The number of piperidine rings is 1. The van der Waals surface area contributed by atoms with Crippen LogP contribution in [0.1, 0.15) is 33.6 Å². The third kappa shape index (κ3) is 2.52. The summed E-state index contributed by atoms with van der Waals surface area (Å²) in [5, 5.41) is 0. The van der Waals surface area contributed by atoms with Crippen LogP contribution in [0.4, 0.5) is 0 Å². The van der Waals surface area contributed by atoms with Crippen LogP contribution in [0, 0.1) is 16.7 Å². The highest BCUT2D eigenvalue weighted by molar-refractivity contribution is 6.06. The number of nitrogens with zero attached hydrogens (tertiary/aromatic N) is 2. The van der Waals surface area contributed by atoms with Gasteiger partial charge in [-0.3, -0.25) is 19.3 Å². The summed E-state index contributed by atoms with van der Waals surface area (Å²) in [5.41, 5.74) is -0.934. The maximum Gasteiger partial charge on any atom is 0.243 e. The minimum absolute atomic E-state index is 0.190. The van der Waals surface area contributed by atoms with Crippen molar-refractivity contribution in [3.63, 3.8) is 0 Å². The van der Waals surface area contributed by atoms with Gasteiger partial charge in [-0.2, -0.15) is 0 Å². The van der Waals surface area contributed by atoms with Gasteiger partial charge in [0.2, 0.25) is 17.7 Å². The lowest BCUT2D eigenvalue weighted by molar-refractivity contribution is -0.170. The second kappa shape index (κ2) is 5.95. The Bertz CT molecular complexity index is 557. The van der Waals surface area contributed by atoms with E-state index >= 15 is 0 Å². The van der Waals surface area contributed by atoms with Crippen LogP contribution in [0.15, 0.2) is 25.3 Å². The van der Waals surface area contributed by atoms with Crippen molar-refractivity contribution in [2.45, 2.75) is 33.6 Å². The van der Waals surface area contributed by atoms with Crippen molar-refractivity contribution in [1.29, 1.82) is 0 Å². The summed E-state index contributed by atoms with van der Waals surface area (Å²) in [4.78, 5) is 40.8. The van der Waals surface area contributed by atoms with Gasteiger partial charge in [-0.05, 0) is 18.3 Å². The van der Waals surface area contributed by atoms with Crippen molar-refractivity contribution in [3.8, 4) is 0 Å². The Morgan fingerprint density at radius 1 is 1.26 bits per heavy atom. The summed E-state index contributed by atoms with van der Waals surface area (Å²) >= 11 is 0. The molecule has 2 unspecified atom stereocenters. The van der Waals surface area contributed by atoms with Crippen molar-refractivity contribution in [2.75, 3.05) is 19.6 Å². The Morgan fingerprint density at radius 2 is 1.83 bits per heavy atom. The summed E-state index contributed by atoms with van der Waals surface area (Å²) in [5.74, 6) is -0.869. The number of hydrogen-bond acceptors (Lipinski definition) is 3. The molecule has 5 nitrogen and oxygen atoms in total. The average molecular weight is 318 g/mol. The van der Waals surface area contributed by atoms with Crippen LogP contribution in [-0.4, -0.2) is 47.2 Å². The molecule has 2 bridgehead atoms. The van der Waals surface area contributed by atoms with E-state index in [2.05, 4.69) is 13.2 Å². The van der Waals surface area contributed by atoms with Gasteiger partial charge in [0.1, 0.15) is 6.54 Å². The number of rotatable bonds is 6. The molecular formula is C18H26N2O3. The molecule has 1 aliphatic heterocycles. The van der Waals surface area contributed by atoms with Crippen LogP contribution in [0.5, 0.6) is 0 Å². The minimum Gasteiger partial charge on any atom is -0.334 e. The van der Waals surface area contributed by atoms with Crippen molar-refractivity contribution in [3.05, 3.63) is 25.3 Å². The first-order valence-electron chi connectivity index (χ1n) is 8.06. The molecular weight excluding hydrogens is 292 g/mol. The molecule has 1 saturated carbocycles. The van der Waals surface area contributed by atoms with Crippen molar-refractivity contribution in [1.82, 2.24) is 9.80 Å². The minimum atomic E-state index is -0.576. The predicted molar refractivity (Wildman–Crippen MR) is 88.3 cm³/mol. The number of fused-ring (bicyclic) bond motifs is 2. The fourth-order valence-electron chi connectivity index (χ4n) is 3.88.